The summed E-state index contributed by atoms with van der Waals surface area (Å²) in [7, 11) is 1.38. The van der Waals surface area contributed by atoms with Crippen LogP contribution >= 0.6 is 0 Å². The average molecular weight is 720 g/mol. The number of fused-ring (bicyclic) bond motifs is 2. The van der Waals surface area contributed by atoms with Gasteiger partial charge in [-0.3, -0.25) is 4.79 Å². The number of aliphatic hydroxyl groups excluding tert-OH is 1. The van der Waals surface area contributed by atoms with E-state index in [0.29, 0.717) is 48.3 Å². The first-order chi connectivity index (χ1) is 24.9. The highest BCUT2D eigenvalue weighted by atomic mass is 16.7. The van der Waals surface area contributed by atoms with E-state index in [1.54, 1.807) is 37.3 Å². The van der Waals surface area contributed by atoms with E-state index in [4.69, 9.17) is 28.5 Å². The van der Waals surface area contributed by atoms with Crippen LogP contribution in [0.25, 0.3) is 0 Å². The third-order valence-electron chi connectivity index (χ3n) is 11.4. The molecule has 2 bridgehead atoms. The molecule has 1 aliphatic carbocycles. The van der Waals surface area contributed by atoms with E-state index < -0.39 is 53.7 Å². The summed E-state index contributed by atoms with van der Waals surface area (Å²) >= 11 is 0. The highest BCUT2D eigenvalue weighted by Crippen LogP contribution is 2.47. The number of carbonyl (C=O) groups is 2. The number of ether oxygens (including phenoxy) is 5. The molecule has 1 aromatic carbocycles. The van der Waals surface area contributed by atoms with Crippen molar-refractivity contribution in [3.63, 3.8) is 0 Å². The summed E-state index contributed by atoms with van der Waals surface area (Å²) in [6.45, 7) is 9.88. The highest BCUT2D eigenvalue weighted by Gasteiger charge is 2.60. The molecule has 1 spiro atoms. The molecule has 0 aromatic heterocycles. The second-order valence-electron chi connectivity index (χ2n) is 15.1. The zero-order chi connectivity index (χ0) is 37.2. The van der Waals surface area contributed by atoms with Crippen LogP contribution in [0.4, 0.5) is 0 Å². The van der Waals surface area contributed by atoms with Crippen LogP contribution in [0, 0.1) is 17.8 Å². The Balaban J connectivity index is 1.39. The fourth-order valence-electron chi connectivity index (χ4n) is 8.43. The molecule has 282 valence electrons. The Morgan fingerprint density at radius 3 is 2.60 bits per heavy atom. The molecule has 0 radical (unpaired) electrons. The molecule has 3 saturated heterocycles. The lowest BCUT2D eigenvalue weighted by atomic mass is 9.71. The summed E-state index contributed by atoms with van der Waals surface area (Å²) < 4.78 is 32.0. The maximum atomic E-state index is 14.1. The van der Waals surface area contributed by atoms with Crippen molar-refractivity contribution < 1.29 is 48.3 Å². The first-order valence-corrected chi connectivity index (χ1v) is 18.6. The minimum atomic E-state index is -1.84. The van der Waals surface area contributed by atoms with Gasteiger partial charge in [0, 0.05) is 30.7 Å². The van der Waals surface area contributed by atoms with Crippen LogP contribution in [-0.4, -0.2) is 89.6 Å². The molecule has 11 nitrogen and oxygen atoms in total. The molecule has 11 heteroatoms. The Kier molecular flexibility index (Phi) is 11.6. The van der Waals surface area contributed by atoms with Gasteiger partial charge in [0.25, 0.3) is 0 Å². The van der Waals surface area contributed by atoms with E-state index in [-0.39, 0.29) is 30.4 Å². The maximum absolute atomic E-state index is 14.1. The Morgan fingerprint density at radius 2 is 1.87 bits per heavy atom. The van der Waals surface area contributed by atoms with Crippen molar-refractivity contribution in [2.45, 2.75) is 121 Å². The van der Waals surface area contributed by atoms with Crippen molar-refractivity contribution in [1.82, 2.24) is 0 Å². The minimum Gasteiger partial charge on any atom is -0.462 e. The second-order valence-corrected chi connectivity index (χ2v) is 15.1. The standard InChI is InChI=1S/C41H53NO10/c1-7-33-24(2)18-19-40(52-33)22-31-21-30(51-40)17-16-26(4)36(50-39(45)34(42-47-6)28-13-9-8-10-14-28)25(3)12-11-15-29-23-48-37-35(43)27(5)20-32(38(44)49-31)41(29,37)46/h8-16,20,24-25,30-33,35-37,43,46H,7,17-19,21-23H2,1-6H3/b12-11-,26-16-,29-15?,42-34+/t24-,25-,30+,31-,32-,33+,35+,36+,37+,40+,41+/m0/s1. The Morgan fingerprint density at radius 1 is 1.10 bits per heavy atom. The van der Waals surface area contributed by atoms with Gasteiger partial charge in [0.15, 0.2) is 11.5 Å². The molecular formula is C41H53NO10. The lowest BCUT2D eigenvalue weighted by Crippen LogP contribution is -2.58. The lowest BCUT2D eigenvalue weighted by molar-refractivity contribution is -0.335. The fourth-order valence-corrected chi connectivity index (χ4v) is 8.43. The fraction of sp³-hybridized carbons (Fsp3) is 0.585. The van der Waals surface area contributed by atoms with Gasteiger partial charge in [0.2, 0.25) is 0 Å². The van der Waals surface area contributed by atoms with Gasteiger partial charge in [-0.05, 0) is 55.7 Å². The van der Waals surface area contributed by atoms with Crippen LogP contribution in [0.5, 0.6) is 0 Å². The number of oxime groups is 1. The van der Waals surface area contributed by atoms with Gasteiger partial charge in [-0.15, -0.1) is 0 Å². The number of allylic oxidation sites excluding steroid dienone is 2. The normalized spacial score (nSPS) is 40.0. The molecule has 0 unspecified atom stereocenters. The molecular weight excluding hydrogens is 666 g/mol. The summed E-state index contributed by atoms with van der Waals surface area (Å²) in [6, 6.07) is 9.00. The zero-order valence-electron chi connectivity index (χ0n) is 31.0. The quantitative estimate of drug-likeness (QED) is 0.174. The van der Waals surface area contributed by atoms with Crippen molar-refractivity contribution in [1.29, 1.82) is 0 Å². The van der Waals surface area contributed by atoms with Crippen LogP contribution in [0.15, 0.2) is 82.6 Å². The summed E-state index contributed by atoms with van der Waals surface area (Å²) in [4.78, 5) is 32.9. The largest absolute Gasteiger partial charge is 0.462 e. The number of nitrogens with zero attached hydrogens (tertiary/aromatic N) is 1. The van der Waals surface area contributed by atoms with Gasteiger partial charge in [-0.2, -0.15) is 0 Å². The Labute approximate surface area is 306 Å². The molecule has 1 aromatic rings. The third-order valence-corrected chi connectivity index (χ3v) is 11.4. The number of rotatable bonds is 5. The third kappa shape index (κ3) is 7.57. The van der Waals surface area contributed by atoms with Crippen LogP contribution in [0.2, 0.25) is 0 Å². The Hall–Kier alpha value is -3.61. The van der Waals surface area contributed by atoms with Gasteiger partial charge >= 0.3 is 11.9 Å². The number of carbonyl (C=O) groups excluding carboxylic acids is 2. The first-order valence-electron chi connectivity index (χ1n) is 18.6. The van der Waals surface area contributed by atoms with Crippen LogP contribution < -0.4 is 0 Å². The summed E-state index contributed by atoms with van der Waals surface area (Å²) in [5.41, 5.74) is 0.535. The van der Waals surface area contributed by atoms with Crippen LogP contribution in [0.1, 0.15) is 78.7 Å². The van der Waals surface area contributed by atoms with Crippen molar-refractivity contribution in [2.75, 3.05) is 13.7 Å². The molecule has 2 N–H and O–H groups in total. The predicted molar refractivity (Wildman–Crippen MR) is 193 cm³/mol. The second kappa shape index (κ2) is 15.8. The van der Waals surface area contributed by atoms with E-state index in [2.05, 4.69) is 19.0 Å². The topological polar surface area (TPSA) is 142 Å². The molecule has 4 heterocycles. The van der Waals surface area contributed by atoms with E-state index in [9.17, 15) is 19.8 Å². The highest BCUT2D eigenvalue weighted by molar-refractivity contribution is 6.43. The van der Waals surface area contributed by atoms with Gasteiger partial charge in [-0.1, -0.05) is 86.6 Å². The molecule has 6 rings (SSSR count). The molecule has 4 aliphatic heterocycles. The molecule has 52 heavy (non-hydrogen) atoms. The number of hydrogen-bond donors (Lipinski definition) is 2. The lowest BCUT2D eigenvalue weighted by Gasteiger charge is -2.50. The summed E-state index contributed by atoms with van der Waals surface area (Å²) in [5.74, 6) is -3.24. The number of aliphatic hydroxyl groups is 2. The number of benzene rings is 1. The van der Waals surface area contributed by atoms with Crippen molar-refractivity contribution in [3.05, 3.63) is 83.0 Å². The SMILES string of the molecule is CC[C@H]1O[C@]2(CC[C@@H]1C)C[C@@H]1C[C@@H](C/C=C(/C)[C@H](OC(=O)/C(=N/OC)c3ccccc3)[C@@H](C)/C=C\C=C3CO[C@@H]4[C@H](O)C(C)=C[C@@H](C(=O)O1)[C@]34O)O2. The van der Waals surface area contributed by atoms with Crippen molar-refractivity contribution in [2.24, 2.45) is 22.9 Å². The van der Waals surface area contributed by atoms with E-state index in [1.165, 1.54) is 7.11 Å². The Bertz CT molecular complexity index is 1630. The van der Waals surface area contributed by atoms with Crippen LogP contribution in [0.3, 0.4) is 0 Å². The summed E-state index contributed by atoms with van der Waals surface area (Å²) in [5, 5.41) is 27.4. The molecule has 0 amide bonds. The van der Waals surface area contributed by atoms with Crippen molar-refractivity contribution in [3.8, 4) is 0 Å². The monoisotopic (exact) mass is 719 g/mol. The first kappa shape index (κ1) is 38.1. The van der Waals surface area contributed by atoms with Gasteiger partial charge in [0.1, 0.15) is 43.0 Å². The molecule has 0 saturated carbocycles. The van der Waals surface area contributed by atoms with E-state index >= 15 is 0 Å². The maximum Gasteiger partial charge on any atom is 0.361 e. The molecule has 3 fully saturated rings. The van der Waals surface area contributed by atoms with Crippen molar-refractivity contribution >= 4 is 17.7 Å². The zero-order valence-corrected chi connectivity index (χ0v) is 31.0. The average Bonchev–Trinajstić information content (AvgIpc) is 3.47. The van der Waals surface area contributed by atoms with Gasteiger partial charge in [-0.25, -0.2) is 4.79 Å². The van der Waals surface area contributed by atoms with E-state index in [0.717, 1.165) is 18.4 Å². The minimum absolute atomic E-state index is 0.00166. The predicted octanol–water partition coefficient (Wildman–Crippen LogP) is 5.50. The number of esters is 2. The number of hydrogen-bond acceptors (Lipinski definition) is 11. The smallest absolute Gasteiger partial charge is 0.361 e. The molecule has 5 aliphatic rings. The molecule has 11 atom stereocenters. The van der Waals surface area contributed by atoms with Crippen LogP contribution in [-0.2, 0) is 38.1 Å². The van der Waals surface area contributed by atoms with E-state index in [1.807, 2.05) is 44.2 Å². The summed E-state index contributed by atoms with van der Waals surface area (Å²) in [6.07, 6.45) is 8.81. The van der Waals surface area contributed by atoms with Gasteiger partial charge in [0.05, 0.1) is 18.8 Å². The van der Waals surface area contributed by atoms with Gasteiger partial charge < -0.3 is 38.7 Å².